The van der Waals surface area contributed by atoms with E-state index >= 15 is 0 Å². The van der Waals surface area contributed by atoms with Crippen LogP contribution >= 0.6 is 12.2 Å². The van der Waals surface area contributed by atoms with Crippen molar-refractivity contribution < 1.29 is 9.47 Å². The monoisotopic (exact) mass is 330 g/mol. The van der Waals surface area contributed by atoms with Crippen LogP contribution in [0.4, 0.5) is 5.69 Å². The van der Waals surface area contributed by atoms with E-state index in [9.17, 15) is 0 Å². The minimum Gasteiger partial charge on any atom is -0.494 e. The summed E-state index contributed by atoms with van der Waals surface area (Å²) < 4.78 is 11.2. The van der Waals surface area contributed by atoms with Gasteiger partial charge in [0.15, 0.2) is 5.11 Å². The molecule has 0 unspecified atom stereocenters. The smallest absolute Gasteiger partial charge is 0.170 e. The summed E-state index contributed by atoms with van der Waals surface area (Å²) in [4.78, 5) is 0. The molecule has 2 rings (SSSR count). The zero-order valence-electron chi connectivity index (χ0n) is 13.6. The van der Waals surface area contributed by atoms with Crippen LogP contribution in [-0.2, 0) is 0 Å². The third-order valence-electron chi connectivity index (χ3n) is 2.90. The van der Waals surface area contributed by atoms with Crippen LogP contribution in [-0.4, -0.2) is 17.8 Å². The van der Waals surface area contributed by atoms with Gasteiger partial charge in [-0.05, 0) is 81.5 Å². The van der Waals surface area contributed by atoms with Gasteiger partial charge in [0.25, 0.3) is 0 Å². The van der Waals surface area contributed by atoms with E-state index < -0.39 is 0 Å². The highest BCUT2D eigenvalue weighted by Crippen LogP contribution is 2.25. The van der Waals surface area contributed by atoms with E-state index in [0.29, 0.717) is 17.8 Å². The summed E-state index contributed by atoms with van der Waals surface area (Å²) in [5.74, 6) is 2.37. The number of nitrogens with one attached hydrogen (secondary N) is 2. The lowest BCUT2D eigenvalue weighted by molar-refractivity contribution is 0.339. The van der Waals surface area contributed by atoms with E-state index in [1.807, 2.05) is 69.3 Å². The summed E-state index contributed by atoms with van der Waals surface area (Å²) in [6, 6.07) is 15.5. The lowest BCUT2D eigenvalue weighted by Gasteiger charge is -2.13. The predicted molar refractivity (Wildman–Crippen MR) is 98.6 cm³/mol. The Labute approximate surface area is 142 Å². The van der Waals surface area contributed by atoms with Gasteiger partial charge in [-0.1, -0.05) is 0 Å². The first kappa shape index (κ1) is 17.1. The Morgan fingerprint density at radius 3 is 2.00 bits per heavy atom. The summed E-state index contributed by atoms with van der Waals surface area (Å²) in [6.07, 6.45) is 0. The zero-order valence-corrected chi connectivity index (χ0v) is 14.4. The van der Waals surface area contributed by atoms with Gasteiger partial charge in [-0.2, -0.15) is 0 Å². The lowest BCUT2D eigenvalue weighted by Crippen LogP contribution is -2.33. The summed E-state index contributed by atoms with van der Waals surface area (Å²) in [5.41, 5.74) is 0.919. The van der Waals surface area contributed by atoms with Crippen molar-refractivity contribution in [3.8, 4) is 17.2 Å². The fraction of sp³-hybridized carbons (Fsp3) is 0.278. The van der Waals surface area contributed by atoms with Crippen molar-refractivity contribution in [2.45, 2.75) is 26.8 Å². The minimum absolute atomic E-state index is 0.303. The molecule has 0 radical (unpaired) electrons. The van der Waals surface area contributed by atoms with Gasteiger partial charge in [0.1, 0.15) is 17.2 Å². The van der Waals surface area contributed by atoms with Gasteiger partial charge in [0.2, 0.25) is 0 Å². The van der Waals surface area contributed by atoms with Crippen molar-refractivity contribution >= 4 is 23.0 Å². The average Bonchev–Trinajstić information content (AvgIpc) is 2.51. The second-order valence-electron chi connectivity index (χ2n) is 5.28. The molecule has 0 atom stereocenters. The predicted octanol–water partition coefficient (Wildman–Crippen LogP) is 4.57. The third-order valence-corrected chi connectivity index (χ3v) is 3.12. The maximum Gasteiger partial charge on any atom is 0.170 e. The van der Waals surface area contributed by atoms with Crippen molar-refractivity contribution in [1.29, 1.82) is 0 Å². The van der Waals surface area contributed by atoms with E-state index in [1.165, 1.54) is 0 Å². The molecule has 0 aliphatic heterocycles. The molecule has 0 bridgehead atoms. The van der Waals surface area contributed by atoms with Crippen molar-refractivity contribution in [2.75, 3.05) is 11.9 Å². The molecule has 0 aliphatic carbocycles. The number of anilines is 1. The second kappa shape index (κ2) is 8.39. The van der Waals surface area contributed by atoms with Gasteiger partial charge in [-0.15, -0.1) is 0 Å². The molecule has 122 valence electrons. The Bertz CT molecular complexity index is 624. The maximum absolute atomic E-state index is 5.80. The molecule has 2 N–H and O–H groups in total. The van der Waals surface area contributed by atoms with E-state index in [1.54, 1.807) is 0 Å². The number of benzene rings is 2. The van der Waals surface area contributed by atoms with E-state index in [2.05, 4.69) is 10.6 Å². The molecule has 4 nitrogen and oxygen atoms in total. The first-order valence-electron chi connectivity index (χ1n) is 7.65. The highest BCUT2D eigenvalue weighted by Gasteiger charge is 2.02. The van der Waals surface area contributed by atoms with Crippen LogP contribution in [0.1, 0.15) is 20.8 Å². The first-order valence-corrected chi connectivity index (χ1v) is 8.06. The topological polar surface area (TPSA) is 42.5 Å². The molecule has 0 saturated carbocycles. The number of ether oxygens (including phenoxy) is 2. The molecule has 0 aromatic heterocycles. The molecule has 0 aliphatic rings. The van der Waals surface area contributed by atoms with Gasteiger partial charge in [-0.25, -0.2) is 0 Å². The lowest BCUT2D eigenvalue weighted by atomic mass is 10.3. The number of thiocarbonyl (C=S) groups is 1. The minimum atomic E-state index is 0.303. The van der Waals surface area contributed by atoms with Gasteiger partial charge < -0.3 is 20.1 Å². The Hall–Kier alpha value is -2.27. The van der Waals surface area contributed by atoms with Crippen LogP contribution in [0.2, 0.25) is 0 Å². The van der Waals surface area contributed by atoms with E-state index in [-0.39, 0.29) is 0 Å². The molecule has 0 fully saturated rings. The fourth-order valence-electron chi connectivity index (χ4n) is 1.94. The third kappa shape index (κ3) is 5.79. The number of hydrogen-bond acceptors (Lipinski definition) is 3. The molecule has 2 aromatic rings. The Morgan fingerprint density at radius 1 is 0.957 bits per heavy atom. The van der Waals surface area contributed by atoms with Crippen LogP contribution in [0.3, 0.4) is 0 Å². The summed E-state index contributed by atoms with van der Waals surface area (Å²) >= 11 is 5.22. The number of rotatable bonds is 6. The molecule has 0 saturated heterocycles. The largest absolute Gasteiger partial charge is 0.494 e. The zero-order chi connectivity index (χ0) is 16.7. The SMILES string of the molecule is CCOc1ccc(Oc2ccc(NC(=S)NC(C)C)cc2)cc1. The molecule has 0 spiro atoms. The Kier molecular flexibility index (Phi) is 6.23. The van der Waals surface area contributed by atoms with Gasteiger partial charge in [0.05, 0.1) is 6.61 Å². The molecule has 2 aromatic carbocycles. The van der Waals surface area contributed by atoms with Crippen molar-refractivity contribution in [1.82, 2.24) is 5.32 Å². The van der Waals surface area contributed by atoms with Crippen LogP contribution in [0, 0.1) is 0 Å². The Morgan fingerprint density at radius 2 is 1.48 bits per heavy atom. The van der Waals surface area contributed by atoms with Crippen molar-refractivity contribution in [3.05, 3.63) is 48.5 Å². The first-order chi connectivity index (χ1) is 11.1. The summed E-state index contributed by atoms with van der Waals surface area (Å²) in [7, 11) is 0. The highest BCUT2D eigenvalue weighted by atomic mass is 32.1. The summed E-state index contributed by atoms with van der Waals surface area (Å²) in [6.45, 7) is 6.70. The standard InChI is InChI=1S/C18H22N2O2S/c1-4-21-15-9-11-17(12-10-15)22-16-7-5-14(6-8-16)20-18(23)19-13(2)3/h5-13H,4H2,1-3H3,(H2,19,20,23). The van der Waals surface area contributed by atoms with Gasteiger partial charge in [0, 0.05) is 11.7 Å². The van der Waals surface area contributed by atoms with Crippen molar-refractivity contribution in [3.63, 3.8) is 0 Å². The molecular formula is C18H22N2O2S. The quantitative estimate of drug-likeness (QED) is 0.759. The van der Waals surface area contributed by atoms with E-state index in [0.717, 1.165) is 22.9 Å². The van der Waals surface area contributed by atoms with Gasteiger partial charge >= 0.3 is 0 Å². The molecule has 0 amide bonds. The van der Waals surface area contributed by atoms with Crippen LogP contribution in [0.25, 0.3) is 0 Å². The Balaban J connectivity index is 1.93. The van der Waals surface area contributed by atoms with Crippen LogP contribution in [0.5, 0.6) is 17.2 Å². The van der Waals surface area contributed by atoms with Crippen LogP contribution < -0.4 is 20.1 Å². The number of hydrogen-bond donors (Lipinski definition) is 2. The second-order valence-corrected chi connectivity index (χ2v) is 5.69. The molecule has 0 heterocycles. The van der Waals surface area contributed by atoms with Crippen molar-refractivity contribution in [2.24, 2.45) is 0 Å². The molecule has 23 heavy (non-hydrogen) atoms. The van der Waals surface area contributed by atoms with Gasteiger partial charge in [-0.3, -0.25) is 0 Å². The fourth-order valence-corrected chi connectivity index (χ4v) is 2.30. The maximum atomic E-state index is 5.80. The molecular weight excluding hydrogens is 308 g/mol. The summed E-state index contributed by atoms with van der Waals surface area (Å²) in [5, 5.41) is 6.88. The van der Waals surface area contributed by atoms with Crippen LogP contribution in [0.15, 0.2) is 48.5 Å². The molecule has 5 heteroatoms. The highest BCUT2D eigenvalue weighted by molar-refractivity contribution is 7.80. The normalized spacial score (nSPS) is 10.3. The van der Waals surface area contributed by atoms with E-state index in [4.69, 9.17) is 21.7 Å². The average molecular weight is 330 g/mol.